The topological polar surface area (TPSA) is 0 Å². The third-order valence-electron chi connectivity index (χ3n) is 18.1. The fourth-order valence-electron chi connectivity index (χ4n) is 14.8. The van der Waals surface area contributed by atoms with Crippen LogP contribution in [0, 0.1) is 34.5 Å². The van der Waals surface area contributed by atoms with E-state index in [9.17, 15) is 0 Å². The minimum absolute atomic E-state index is 0.0408. The second kappa shape index (κ2) is 13.6. The number of hydrogen-bond acceptors (Lipinski definition) is 0. The highest BCUT2D eigenvalue weighted by atomic mass is 14.5. The summed E-state index contributed by atoms with van der Waals surface area (Å²) in [6, 6.07) is 40.5. The van der Waals surface area contributed by atoms with E-state index in [1.54, 1.807) is 16.7 Å². The van der Waals surface area contributed by atoms with Crippen LogP contribution in [0.3, 0.4) is 0 Å². The normalized spacial score (nSPS) is 22.6. The fourth-order valence-corrected chi connectivity index (χ4v) is 14.8. The van der Waals surface area contributed by atoms with Gasteiger partial charge in [0.15, 0.2) is 0 Å². The van der Waals surface area contributed by atoms with Gasteiger partial charge in [0.25, 0.3) is 0 Å². The maximum atomic E-state index is 2.65. The molecule has 0 saturated carbocycles. The average molecular weight is 901 g/mol. The molecule has 0 bridgehead atoms. The molecule has 340 valence electrons. The summed E-state index contributed by atoms with van der Waals surface area (Å²) < 4.78 is 0. The molecule has 0 heteroatoms. The van der Waals surface area contributed by atoms with Gasteiger partial charge in [0.2, 0.25) is 0 Å². The molecule has 0 heterocycles. The van der Waals surface area contributed by atoms with E-state index in [-0.39, 0.29) is 28.1 Å². The van der Waals surface area contributed by atoms with Gasteiger partial charge in [0.1, 0.15) is 0 Å². The van der Waals surface area contributed by atoms with Crippen LogP contribution in [0.25, 0.3) is 83.2 Å². The molecule has 0 aliphatic heterocycles. The summed E-state index contributed by atoms with van der Waals surface area (Å²) >= 11 is 0. The summed E-state index contributed by atoms with van der Waals surface area (Å²) in [5, 5.41) is 5.76. The molecule has 0 N–H and O–H groups in total. The Morgan fingerprint density at radius 2 is 0.857 bits per heavy atom. The molecule has 70 heavy (non-hydrogen) atoms. The highest BCUT2D eigenvalue weighted by Crippen LogP contribution is 2.66. The van der Waals surface area contributed by atoms with Crippen molar-refractivity contribution in [3.05, 3.63) is 218 Å². The Balaban J connectivity index is 1.03. The average Bonchev–Trinajstić information content (AvgIpc) is 3.97. The van der Waals surface area contributed by atoms with Crippen LogP contribution in [-0.4, -0.2) is 0 Å². The lowest BCUT2D eigenvalue weighted by Gasteiger charge is -2.41. The first-order valence-corrected chi connectivity index (χ1v) is 26.2. The van der Waals surface area contributed by atoms with Crippen molar-refractivity contribution in [2.24, 2.45) is 34.5 Å². The van der Waals surface area contributed by atoms with Gasteiger partial charge < -0.3 is 0 Å². The maximum Gasteiger partial charge on any atom is 0.0212 e. The van der Waals surface area contributed by atoms with Gasteiger partial charge in [-0.25, -0.2) is 0 Å². The van der Waals surface area contributed by atoms with Crippen molar-refractivity contribution in [2.45, 2.75) is 80.6 Å². The summed E-state index contributed by atoms with van der Waals surface area (Å²) in [5.41, 5.74) is 33.5. The van der Waals surface area contributed by atoms with Gasteiger partial charge in [-0.3, -0.25) is 0 Å². The SMILES string of the molecule is CC(C)(C)C1=CC2C=C(C(C)(C)C)C=C3c4cc5c(-c6ccccc6)c6c(c(-c7ccccc7)c5cc4C(=C1)C32)C1=CC=C2C3=c4c(ccc5c4=C(CC3)c3cc(C(C)(C)C)ccc3-5)C3=CC=C6C1C23. The van der Waals surface area contributed by atoms with Gasteiger partial charge >= 0.3 is 0 Å². The van der Waals surface area contributed by atoms with Crippen LogP contribution in [0.2, 0.25) is 0 Å². The first-order chi connectivity index (χ1) is 33.6. The van der Waals surface area contributed by atoms with Gasteiger partial charge in [-0.1, -0.05) is 202 Å². The molecule has 0 aromatic heterocycles. The molecular formula is C70H60. The van der Waals surface area contributed by atoms with Crippen molar-refractivity contribution < 1.29 is 0 Å². The molecule has 0 spiro atoms. The van der Waals surface area contributed by atoms with E-state index in [1.807, 2.05) is 0 Å². The first-order valence-electron chi connectivity index (χ1n) is 26.2. The van der Waals surface area contributed by atoms with Crippen LogP contribution < -0.4 is 10.4 Å². The lowest BCUT2D eigenvalue weighted by Crippen LogP contribution is -2.41. The summed E-state index contributed by atoms with van der Waals surface area (Å²) in [5.74, 6) is 1.17. The van der Waals surface area contributed by atoms with Gasteiger partial charge in [0.05, 0.1) is 0 Å². The smallest absolute Gasteiger partial charge is 0.0212 e. The highest BCUT2D eigenvalue weighted by Gasteiger charge is 2.50. The van der Waals surface area contributed by atoms with Crippen LogP contribution >= 0.6 is 0 Å². The lowest BCUT2D eigenvalue weighted by atomic mass is 9.62. The van der Waals surface area contributed by atoms with Crippen LogP contribution in [0.5, 0.6) is 0 Å². The number of fused-ring (bicyclic) bond motifs is 12. The third-order valence-corrected chi connectivity index (χ3v) is 18.1. The van der Waals surface area contributed by atoms with Crippen molar-refractivity contribution >= 4 is 49.8 Å². The zero-order valence-corrected chi connectivity index (χ0v) is 42.2. The standard InChI is InChI=1S/C70H60/c1-68(2,3)40-20-21-43-44-22-23-45-47-26-28-50-65-51(29-27-48(64(47)65)46-24-25-49(52(43)32-40)62(44)63(45)46)67-61(38-18-14-11-15-19-38)58-36-54-53(35-57(58)60(66(50)67)37-16-12-10-13-17-37)55-33-41(69(4,5)6)30-39-31-42(70(7,8)9)34-56(54)59(39)55/h10-23,26-36,39,59,64-65H,24-25H2,1-9H3. The second-order valence-corrected chi connectivity index (χ2v) is 25.0. The van der Waals surface area contributed by atoms with Crippen LogP contribution in [0.15, 0.2) is 168 Å². The van der Waals surface area contributed by atoms with Crippen molar-refractivity contribution in [1.82, 2.24) is 0 Å². The number of rotatable bonds is 2. The van der Waals surface area contributed by atoms with E-state index in [1.165, 1.54) is 133 Å². The lowest BCUT2D eigenvalue weighted by molar-refractivity contribution is 0.491. The van der Waals surface area contributed by atoms with Crippen LogP contribution in [0.1, 0.15) is 114 Å². The van der Waals surface area contributed by atoms with Crippen molar-refractivity contribution in [1.29, 1.82) is 0 Å². The Bertz CT molecular complexity index is 3890. The van der Waals surface area contributed by atoms with Gasteiger partial charge in [-0.2, -0.15) is 0 Å². The second-order valence-electron chi connectivity index (χ2n) is 25.0. The molecule has 6 aromatic rings. The van der Waals surface area contributed by atoms with E-state index in [2.05, 4.69) is 214 Å². The molecule has 0 radical (unpaired) electrons. The van der Waals surface area contributed by atoms with Gasteiger partial charge in [-0.15, -0.1) is 0 Å². The molecule has 9 aliphatic rings. The Morgan fingerprint density at radius 1 is 0.371 bits per heavy atom. The van der Waals surface area contributed by atoms with Crippen molar-refractivity contribution in [3.8, 4) is 33.4 Å². The molecule has 0 amide bonds. The molecule has 6 aromatic carbocycles. The monoisotopic (exact) mass is 900 g/mol. The highest BCUT2D eigenvalue weighted by molar-refractivity contribution is 6.21. The molecular weight excluding hydrogens is 841 g/mol. The zero-order valence-electron chi connectivity index (χ0n) is 42.2. The minimum Gasteiger partial charge on any atom is -0.0729 e. The Kier molecular flexibility index (Phi) is 7.95. The third kappa shape index (κ3) is 5.33. The zero-order chi connectivity index (χ0) is 47.5. The molecule has 0 fully saturated rings. The number of hydrogen-bond donors (Lipinski definition) is 0. The van der Waals surface area contributed by atoms with Crippen molar-refractivity contribution in [3.63, 3.8) is 0 Å². The Morgan fingerprint density at radius 3 is 1.41 bits per heavy atom. The Hall–Kier alpha value is -6.76. The van der Waals surface area contributed by atoms with E-state index in [0.717, 1.165) is 12.8 Å². The molecule has 4 unspecified atom stereocenters. The summed E-state index contributed by atoms with van der Waals surface area (Å²) in [7, 11) is 0. The van der Waals surface area contributed by atoms with Gasteiger partial charge in [0, 0.05) is 23.7 Å². The molecule has 0 nitrogen and oxygen atoms in total. The first kappa shape index (κ1) is 41.1. The minimum atomic E-state index is 0.0408. The largest absolute Gasteiger partial charge is 0.0729 e. The molecule has 9 aliphatic carbocycles. The number of allylic oxidation sites excluding steroid dienone is 16. The predicted octanol–water partition coefficient (Wildman–Crippen LogP) is 16.6. The maximum absolute atomic E-state index is 2.65. The van der Waals surface area contributed by atoms with Crippen LogP contribution in [-0.2, 0) is 5.41 Å². The molecule has 4 atom stereocenters. The van der Waals surface area contributed by atoms with Crippen molar-refractivity contribution in [2.75, 3.05) is 0 Å². The molecule has 15 rings (SSSR count). The van der Waals surface area contributed by atoms with E-state index in [0.29, 0.717) is 11.8 Å². The summed E-state index contributed by atoms with van der Waals surface area (Å²) in [6.45, 7) is 21.4. The van der Waals surface area contributed by atoms with Crippen LogP contribution in [0.4, 0.5) is 0 Å². The predicted molar refractivity (Wildman–Crippen MR) is 297 cm³/mol. The molecule has 0 saturated heterocycles. The quantitative estimate of drug-likeness (QED) is 0.162. The van der Waals surface area contributed by atoms with E-state index in [4.69, 9.17) is 0 Å². The summed E-state index contributed by atoms with van der Waals surface area (Å²) in [6.07, 6.45) is 22.8. The number of benzene rings is 6. The fraction of sp³-hybridized carbons (Fsp3) is 0.257. The van der Waals surface area contributed by atoms with Gasteiger partial charge in [-0.05, 0) is 190 Å². The van der Waals surface area contributed by atoms with E-state index < -0.39 is 0 Å². The van der Waals surface area contributed by atoms with E-state index >= 15 is 0 Å². The Labute approximate surface area is 414 Å². The summed E-state index contributed by atoms with van der Waals surface area (Å²) in [4.78, 5) is 0.